The monoisotopic (exact) mass is 318 g/mol. The van der Waals surface area contributed by atoms with Crippen molar-refractivity contribution in [3.8, 4) is 11.3 Å². The Morgan fingerprint density at radius 1 is 1.12 bits per heavy atom. The van der Waals surface area contributed by atoms with Crippen molar-refractivity contribution in [3.05, 3.63) is 65.2 Å². The van der Waals surface area contributed by atoms with Crippen molar-refractivity contribution in [2.24, 2.45) is 0 Å². The first kappa shape index (κ1) is 16.2. The Kier molecular flexibility index (Phi) is 4.34. The highest BCUT2D eigenvalue weighted by Gasteiger charge is 2.14. The Balaban J connectivity index is 2.19. The molecule has 0 spiro atoms. The standard InChI is InChI=1S/C21H21NO2/c1-4-13(2)15-9-11-16(12-10-15)20-14(3)19(21(23)24)17-7-5-6-8-18(17)22-20/h5-13H,4H2,1-3H3,(H,23,24)/p-1/t13-/m0/s1. The van der Waals surface area contributed by atoms with Gasteiger partial charge in [-0.05, 0) is 36.5 Å². The zero-order chi connectivity index (χ0) is 17.3. The Morgan fingerprint density at radius 3 is 2.42 bits per heavy atom. The van der Waals surface area contributed by atoms with Crippen LogP contribution in [0.25, 0.3) is 22.2 Å². The number of hydrogen-bond donors (Lipinski definition) is 0. The van der Waals surface area contributed by atoms with Crippen LogP contribution in [0.1, 0.15) is 47.7 Å². The molecule has 1 heterocycles. The number of nitrogens with zero attached hydrogens (tertiary/aromatic N) is 1. The molecule has 2 aromatic carbocycles. The molecule has 0 saturated heterocycles. The van der Waals surface area contributed by atoms with Gasteiger partial charge in [0.25, 0.3) is 0 Å². The smallest absolute Gasteiger partial charge is 0.0745 e. The summed E-state index contributed by atoms with van der Waals surface area (Å²) in [5, 5.41) is 12.3. The number of aromatic carboxylic acids is 1. The highest BCUT2D eigenvalue weighted by molar-refractivity contribution is 6.04. The minimum atomic E-state index is -1.16. The number of aromatic nitrogens is 1. The van der Waals surface area contributed by atoms with Gasteiger partial charge in [-0.1, -0.05) is 56.3 Å². The van der Waals surface area contributed by atoms with E-state index in [4.69, 9.17) is 4.98 Å². The van der Waals surface area contributed by atoms with E-state index in [0.717, 1.165) is 12.0 Å². The van der Waals surface area contributed by atoms with Gasteiger partial charge < -0.3 is 9.90 Å². The molecule has 1 aromatic heterocycles. The molecule has 0 unspecified atom stereocenters. The zero-order valence-corrected chi connectivity index (χ0v) is 14.2. The van der Waals surface area contributed by atoms with Crippen molar-refractivity contribution in [1.29, 1.82) is 0 Å². The van der Waals surface area contributed by atoms with Gasteiger partial charge in [0.1, 0.15) is 0 Å². The maximum Gasteiger partial charge on any atom is 0.0745 e. The fourth-order valence-corrected chi connectivity index (χ4v) is 3.06. The summed E-state index contributed by atoms with van der Waals surface area (Å²) < 4.78 is 0. The summed E-state index contributed by atoms with van der Waals surface area (Å²) in [6.45, 7) is 6.16. The molecular formula is C21H20NO2-. The number of rotatable bonds is 4. The maximum atomic E-state index is 11.7. The molecular weight excluding hydrogens is 298 g/mol. The largest absolute Gasteiger partial charge is 0.545 e. The number of para-hydroxylation sites is 1. The summed E-state index contributed by atoms with van der Waals surface area (Å²) in [6.07, 6.45) is 1.08. The molecule has 0 fully saturated rings. The van der Waals surface area contributed by atoms with E-state index < -0.39 is 5.97 Å². The molecule has 0 aliphatic heterocycles. The minimum Gasteiger partial charge on any atom is -0.545 e. The molecule has 0 aliphatic rings. The van der Waals surface area contributed by atoms with Crippen molar-refractivity contribution in [3.63, 3.8) is 0 Å². The third-order valence-electron chi connectivity index (χ3n) is 4.71. The Hall–Kier alpha value is -2.68. The lowest BCUT2D eigenvalue weighted by Crippen LogP contribution is -2.24. The first-order valence-electron chi connectivity index (χ1n) is 8.24. The predicted octanol–water partition coefficient (Wildman–Crippen LogP) is 4.09. The number of carbonyl (C=O) groups excluding carboxylic acids is 1. The van der Waals surface area contributed by atoms with Gasteiger partial charge in [-0.3, -0.25) is 0 Å². The van der Waals surface area contributed by atoms with E-state index in [9.17, 15) is 9.90 Å². The first-order valence-corrected chi connectivity index (χ1v) is 8.24. The van der Waals surface area contributed by atoms with Crippen LogP contribution in [0.3, 0.4) is 0 Å². The second kappa shape index (κ2) is 6.44. The fourth-order valence-electron chi connectivity index (χ4n) is 3.06. The SMILES string of the molecule is CC[C@H](C)c1ccc(-c2nc3ccccc3c(C(=O)[O-])c2C)cc1. The quantitative estimate of drug-likeness (QED) is 0.728. The summed E-state index contributed by atoms with van der Waals surface area (Å²) in [6, 6.07) is 15.5. The van der Waals surface area contributed by atoms with Crippen LogP contribution >= 0.6 is 0 Å². The number of carbonyl (C=O) groups is 1. The molecule has 1 atom stereocenters. The third-order valence-corrected chi connectivity index (χ3v) is 4.71. The molecule has 3 rings (SSSR count). The number of fused-ring (bicyclic) bond motifs is 1. The van der Waals surface area contributed by atoms with Gasteiger partial charge in [0.15, 0.2) is 0 Å². The average Bonchev–Trinajstić information content (AvgIpc) is 2.60. The van der Waals surface area contributed by atoms with Crippen LogP contribution in [0.2, 0.25) is 0 Å². The Morgan fingerprint density at radius 2 is 1.79 bits per heavy atom. The normalized spacial score (nSPS) is 12.3. The van der Waals surface area contributed by atoms with Crippen LogP contribution in [0.4, 0.5) is 0 Å². The second-order valence-corrected chi connectivity index (χ2v) is 6.20. The van der Waals surface area contributed by atoms with Gasteiger partial charge in [0.2, 0.25) is 0 Å². The van der Waals surface area contributed by atoms with Crippen LogP contribution in [0.15, 0.2) is 48.5 Å². The van der Waals surface area contributed by atoms with E-state index in [-0.39, 0.29) is 5.56 Å². The van der Waals surface area contributed by atoms with Gasteiger partial charge >= 0.3 is 0 Å². The number of carboxylic acid groups (broad SMARTS) is 1. The Bertz CT molecular complexity index is 898. The molecule has 0 radical (unpaired) electrons. The summed E-state index contributed by atoms with van der Waals surface area (Å²) in [5.41, 5.74) is 4.44. The fraction of sp³-hybridized carbons (Fsp3) is 0.238. The zero-order valence-electron chi connectivity index (χ0n) is 14.2. The molecule has 122 valence electrons. The average molecular weight is 318 g/mol. The minimum absolute atomic E-state index is 0.224. The molecule has 0 saturated carbocycles. The molecule has 24 heavy (non-hydrogen) atoms. The lowest BCUT2D eigenvalue weighted by atomic mass is 9.94. The van der Waals surface area contributed by atoms with Crippen LogP contribution in [0.5, 0.6) is 0 Å². The van der Waals surface area contributed by atoms with E-state index in [0.29, 0.717) is 28.1 Å². The molecule has 0 aliphatic carbocycles. The van der Waals surface area contributed by atoms with Crippen LogP contribution < -0.4 is 5.11 Å². The summed E-state index contributed by atoms with van der Waals surface area (Å²) >= 11 is 0. The van der Waals surface area contributed by atoms with Crippen molar-refractivity contribution in [2.45, 2.75) is 33.1 Å². The molecule has 0 bridgehead atoms. The highest BCUT2D eigenvalue weighted by Crippen LogP contribution is 2.30. The number of pyridine rings is 1. The number of benzene rings is 2. The summed E-state index contributed by atoms with van der Waals surface area (Å²) in [4.78, 5) is 16.4. The molecule has 3 nitrogen and oxygen atoms in total. The first-order chi connectivity index (χ1) is 11.5. The van der Waals surface area contributed by atoms with Crippen LogP contribution in [0, 0.1) is 6.92 Å². The van der Waals surface area contributed by atoms with Crippen LogP contribution in [-0.4, -0.2) is 11.0 Å². The van der Waals surface area contributed by atoms with Gasteiger partial charge in [0.05, 0.1) is 17.2 Å². The molecule has 3 heteroatoms. The second-order valence-electron chi connectivity index (χ2n) is 6.20. The van der Waals surface area contributed by atoms with E-state index in [1.54, 1.807) is 13.0 Å². The third kappa shape index (κ3) is 2.78. The highest BCUT2D eigenvalue weighted by atomic mass is 16.4. The van der Waals surface area contributed by atoms with Gasteiger partial charge in [-0.25, -0.2) is 4.98 Å². The molecule has 3 aromatic rings. The lowest BCUT2D eigenvalue weighted by molar-refractivity contribution is -0.254. The topological polar surface area (TPSA) is 53.0 Å². The van der Waals surface area contributed by atoms with Crippen molar-refractivity contribution in [1.82, 2.24) is 4.98 Å². The number of carboxylic acids is 1. The van der Waals surface area contributed by atoms with Gasteiger partial charge in [-0.15, -0.1) is 0 Å². The van der Waals surface area contributed by atoms with E-state index in [2.05, 4.69) is 26.0 Å². The summed E-state index contributed by atoms with van der Waals surface area (Å²) in [5.74, 6) is -0.660. The van der Waals surface area contributed by atoms with E-state index >= 15 is 0 Å². The van der Waals surface area contributed by atoms with Crippen molar-refractivity contribution in [2.75, 3.05) is 0 Å². The van der Waals surface area contributed by atoms with Crippen molar-refractivity contribution >= 4 is 16.9 Å². The molecule has 0 amide bonds. The lowest BCUT2D eigenvalue weighted by Gasteiger charge is -2.16. The Labute approximate surface area is 142 Å². The van der Waals surface area contributed by atoms with Gasteiger partial charge in [0, 0.05) is 16.5 Å². The van der Waals surface area contributed by atoms with E-state index in [1.165, 1.54) is 5.56 Å². The summed E-state index contributed by atoms with van der Waals surface area (Å²) in [7, 11) is 0. The maximum absolute atomic E-state index is 11.7. The molecule has 0 N–H and O–H groups in total. The van der Waals surface area contributed by atoms with Crippen molar-refractivity contribution < 1.29 is 9.90 Å². The van der Waals surface area contributed by atoms with Gasteiger partial charge in [-0.2, -0.15) is 0 Å². The predicted molar refractivity (Wildman–Crippen MR) is 95.0 cm³/mol. The van der Waals surface area contributed by atoms with Crippen LogP contribution in [-0.2, 0) is 0 Å². The van der Waals surface area contributed by atoms with E-state index in [1.807, 2.05) is 30.3 Å². The number of hydrogen-bond acceptors (Lipinski definition) is 3.